The number of alkyl carbamates (subject to hydrolysis) is 1. The summed E-state index contributed by atoms with van der Waals surface area (Å²) < 4.78 is 5.19. The second-order valence-corrected chi connectivity index (χ2v) is 5.75. The third kappa shape index (κ3) is 5.93. The summed E-state index contributed by atoms with van der Waals surface area (Å²) in [7, 11) is 0. The lowest BCUT2D eigenvalue weighted by Gasteiger charge is -2.23. The molecule has 1 aromatic carbocycles. The normalized spacial score (nSPS) is 12.8. The first-order valence-corrected chi connectivity index (χ1v) is 6.78. The molecule has 0 aliphatic heterocycles. The van der Waals surface area contributed by atoms with Crippen molar-refractivity contribution in [3.63, 3.8) is 0 Å². The second kappa shape index (κ2) is 7.14. The number of carbonyl (C=O) groups excluding carboxylic acids is 1. The predicted molar refractivity (Wildman–Crippen MR) is 78.6 cm³/mol. The van der Waals surface area contributed by atoms with Crippen LogP contribution in [0.25, 0.3) is 0 Å². The van der Waals surface area contributed by atoms with E-state index in [1.807, 2.05) is 32.9 Å². The topological polar surface area (TPSA) is 84.6 Å². The van der Waals surface area contributed by atoms with Crippen LogP contribution in [-0.4, -0.2) is 29.4 Å². The molecule has 0 heterocycles. The number of nitrogens with two attached hydrogens (primary N) is 1. The van der Waals surface area contributed by atoms with Crippen LogP contribution in [0.1, 0.15) is 32.8 Å². The number of para-hydroxylation sites is 1. The molecular formula is C15H24N2O3. The van der Waals surface area contributed by atoms with Crippen LogP contribution in [0.2, 0.25) is 0 Å². The Bertz CT molecular complexity index is 441. The quantitative estimate of drug-likeness (QED) is 0.771. The SMILES string of the molecule is CC(C)(C)OC(=O)NC(CN)CCc1ccccc1O. The van der Waals surface area contributed by atoms with Crippen molar-refractivity contribution < 1.29 is 14.6 Å². The first-order chi connectivity index (χ1) is 9.31. The van der Waals surface area contributed by atoms with Crippen molar-refractivity contribution in [1.82, 2.24) is 5.32 Å². The number of phenolic OH excluding ortho intramolecular Hbond substituents is 1. The van der Waals surface area contributed by atoms with Crippen molar-refractivity contribution in [2.45, 2.75) is 45.3 Å². The molecule has 0 radical (unpaired) electrons. The number of amides is 1. The number of phenols is 1. The largest absolute Gasteiger partial charge is 0.508 e. The van der Waals surface area contributed by atoms with E-state index in [0.29, 0.717) is 19.4 Å². The van der Waals surface area contributed by atoms with Crippen molar-refractivity contribution in [2.75, 3.05) is 6.54 Å². The lowest BCUT2D eigenvalue weighted by molar-refractivity contribution is 0.0503. The lowest BCUT2D eigenvalue weighted by atomic mass is 10.0. The third-order valence-corrected chi connectivity index (χ3v) is 2.76. The van der Waals surface area contributed by atoms with Gasteiger partial charge in [-0.2, -0.15) is 0 Å². The Balaban J connectivity index is 2.48. The Morgan fingerprint density at radius 2 is 2.05 bits per heavy atom. The smallest absolute Gasteiger partial charge is 0.407 e. The fourth-order valence-corrected chi connectivity index (χ4v) is 1.78. The molecule has 1 aromatic rings. The third-order valence-electron chi connectivity index (χ3n) is 2.76. The number of ether oxygens (including phenoxy) is 1. The molecule has 1 unspecified atom stereocenters. The average Bonchev–Trinajstić information content (AvgIpc) is 2.34. The van der Waals surface area contributed by atoms with Crippen LogP contribution in [-0.2, 0) is 11.2 Å². The fourth-order valence-electron chi connectivity index (χ4n) is 1.78. The van der Waals surface area contributed by atoms with E-state index in [9.17, 15) is 9.90 Å². The first-order valence-electron chi connectivity index (χ1n) is 6.78. The van der Waals surface area contributed by atoms with E-state index in [0.717, 1.165) is 5.56 Å². The lowest BCUT2D eigenvalue weighted by Crippen LogP contribution is -2.43. The van der Waals surface area contributed by atoms with Gasteiger partial charge >= 0.3 is 6.09 Å². The molecule has 0 fully saturated rings. The highest BCUT2D eigenvalue weighted by Gasteiger charge is 2.19. The maximum absolute atomic E-state index is 11.7. The van der Waals surface area contributed by atoms with Crippen molar-refractivity contribution in [2.24, 2.45) is 5.73 Å². The van der Waals surface area contributed by atoms with Crippen LogP contribution in [0.5, 0.6) is 5.75 Å². The highest BCUT2D eigenvalue weighted by molar-refractivity contribution is 5.68. The summed E-state index contributed by atoms with van der Waals surface area (Å²) >= 11 is 0. The van der Waals surface area contributed by atoms with Gasteiger partial charge in [-0.15, -0.1) is 0 Å². The van der Waals surface area contributed by atoms with Crippen LogP contribution in [0.4, 0.5) is 4.79 Å². The number of nitrogens with one attached hydrogen (secondary N) is 1. The zero-order valence-corrected chi connectivity index (χ0v) is 12.3. The average molecular weight is 280 g/mol. The predicted octanol–water partition coefficient (Wildman–Crippen LogP) is 2.18. The molecule has 0 saturated carbocycles. The Hall–Kier alpha value is -1.75. The number of aromatic hydroxyl groups is 1. The molecule has 0 spiro atoms. The van der Waals surface area contributed by atoms with Crippen LogP contribution < -0.4 is 11.1 Å². The summed E-state index contributed by atoms with van der Waals surface area (Å²) in [6.07, 6.45) is 0.822. The molecule has 1 atom stereocenters. The van der Waals surface area contributed by atoms with Gasteiger partial charge in [-0.1, -0.05) is 18.2 Å². The van der Waals surface area contributed by atoms with Gasteiger partial charge < -0.3 is 20.9 Å². The van der Waals surface area contributed by atoms with E-state index in [1.165, 1.54) is 0 Å². The van der Waals surface area contributed by atoms with Gasteiger partial charge in [-0.05, 0) is 45.2 Å². The minimum atomic E-state index is -0.527. The fraction of sp³-hybridized carbons (Fsp3) is 0.533. The molecule has 0 saturated heterocycles. The molecule has 1 rings (SSSR count). The first kappa shape index (κ1) is 16.3. The summed E-state index contributed by atoms with van der Waals surface area (Å²) in [4.78, 5) is 11.7. The maximum atomic E-state index is 11.7. The van der Waals surface area contributed by atoms with Crippen molar-refractivity contribution >= 4 is 6.09 Å². The molecule has 0 bridgehead atoms. The van der Waals surface area contributed by atoms with Crippen LogP contribution in [0.15, 0.2) is 24.3 Å². The molecule has 20 heavy (non-hydrogen) atoms. The van der Waals surface area contributed by atoms with Crippen LogP contribution in [0.3, 0.4) is 0 Å². The highest BCUT2D eigenvalue weighted by atomic mass is 16.6. The number of aryl methyl sites for hydroxylation is 1. The van der Waals surface area contributed by atoms with E-state index in [-0.39, 0.29) is 11.8 Å². The summed E-state index contributed by atoms with van der Waals surface area (Å²) in [5.74, 6) is 0.264. The molecule has 5 nitrogen and oxygen atoms in total. The Kier molecular flexibility index (Phi) is 5.82. The summed E-state index contributed by atoms with van der Waals surface area (Å²) in [6.45, 7) is 5.76. The van der Waals surface area contributed by atoms with Gasteiger partial charge in [0.25, 0.3) is 0 Å². The molecule has 1 amide bonds. The van der Waals surface area contributed by atoms with Gasteiger partial charge in [0.15, 0.2) is 0 Å². The van der Waals surface area contributed by atoms with Crippen molar-refractivity contribution in [1.29, 1.82) is 0 Å². The monoisotopic (exact) mass is 280 g/mol. The molecular weight excluding hydrogens is 256 g/mol. The van der Waals surface area contributed by atoms with Gasteiger partial charge in [0.05, 0.1) is 0 Å². The van der Waals surface area contributed by atoms with Gasteiger partial charge in [0.2, 0.25) is 0 Å². The number of rotatable bonds is 5. The number of hydrogen-bond acceptors (Lipinski definition) is 4. The van der Waals surface area contributed by atoms with Gasteiger partial charge in [-0.3, -0.25) is 0 Å². The molecule has 112 valence electrons. The summed E-state index contributed by atoms with van der Waals surface area (Å²) in [5.41, 5.74) is 5.97. The second-order valence-electron chi connectivity index (χ2n) is 5.75. The van der Waals surface area contributed by atoms with E-state index >= 15 is 0 Å². The zero-order valence-electron chi connectivity index (χ0n) is 12.3. The molecule has 5 heteroatoms. The standard InChI is InChI=1S/C15H24N2O3/c1-15(2,3)20-14(19)17-12(10-16)9-8-11-6-4-5-7-13(11)18/h4-7,12,18H,8-10,16H2,1-3H3,(H,17,19). The highest BCUT2D eigenvalue weighted by Crippen LogP contribution is 2.18. The minimum absolute atomic E-state index is 0.176. The summed E-state index contributed by atoms with van der Waals surface area (Å²) in [6, 6.07) is 6.97. The van der Waals surface area contributed by atoms with Gasteiger partial charge in [0.1, 0.15) is 11.4 Å². The minimum Gasteiger partial charge on any atom is -0.508 e. The Morgan fingerprint density at radius 3 is 2.60 bits per heavy atom. The summed E-state index contributed by atoms with van der Waals surface area (Å²) in [5, 5.41) is 12.4. The maximum Gasteiger partial charge on any atom is 0.407 e. The van der Waals surface area contributed by atoms with Crippen LogP contribution >= 0.6 is 0 Å². The van der Waals surface area contributed by atoms with Crippen molar-refractivity contribution in [3.05, 3.63) is 29.8 Å². The Labute approximate surface area is 120 Å². The molecule has 0 aromatic heterocycles. The number of carbonyl (C=O) groups is 1. The Morgan fingerprint density at radius 1 is 1.40 bits per heavy atom. The van der Waals surface area contributed by atoms with E-state index in [1.54, 1.807) is 12.1 Å². The van der Waals surface area contributed by atoms with Gasteiger partial charge in [-0.25, -0.2) is 4.79 Å². The van der Waals surface area contributed by atoms with Gasteiger partial charge in [0, 0.05) is 12.6 Å². The molecule has 0 aliphatic rings. The molecule has 0 aliphatic carbocycles. The van der Waals surface area contributed by atoms with Crippen molar-refractivity contribution in [3.8, 4) is 5.75 Å². The molecule has 4 N–H and O–H groups in total. The number of benzene rings is 1. The zero-order chi connectivity index (χ0) is 15.2. The van der Waals surface area contributed by atoms with Crippen LogP contribution in [0, 0.1) is 0 Å². The van der Waals surface area contributed by atoms with E-state index < -0.39 is 11.7 Å². The number of hydrogen-bond donors (Lipinski definition) is 3. The van der Waals surface area contributed by atoms with E-state index in [2.05, 4.69) is 5.32 Å². The van der Waals surface area contributed by atoms with E-state index in [4.69, 9.17) is 10.5 Å².